The van der Waals surface area contributed by atoms with Crippen molar-refractivity contribution >= 4 is 0 Å². The normalized spacial score (nSPS) is 18.0. The summed E-state index contributed by atoms with van der Waals surface area (Å²) in [6.45, 7) is 10.6. The first-order valence-electron chi connectivity index (χ1n) is 9.05. The Labute approximate surface area is 150 Å². The number of ether oxygens (including phenoxy) is 1. The predicted molar refractivity (Wildman–Crippen MR) is 99.5 cm³/mol. The Morgan fingerprint density at radius 1 is 1.16 bits per heavy atom. The molecule has 0 aliphatic carbocycles. The summed E-state index contributed by atoms with van der Waals surface area (Å²) < 4.78 is 5.53. The number of benzene rings is 1. The molecule has 3 rings (SSSR count). The van der Waals surface area contributed by atoms with E-state index in [0.717, 1.165) is 44.4 Å². The van der Waals surface area contributed by atoms with E-state index in [4.69, 9.17) is 4.74 Å². The molecule has 5 nitrogen and oxygen atoms in total. The standard InChI is InChI=1S/C20H28N4O/c1-15(19-13-22-17(3)23-16(19)2)21-14-20(18-7-5-4-6-8-18)24-9-11-25-12-10-24/h4-8,13,15,20-21H,9-12,14H2,1-3H3/t15-,20-/m1/s1. The second kappa shape index (κ2) is 8.52. The molecule has 1 N–H and O–H groups in total. The van der Waals surface area contributed by atoms with Gasteiger partial charge in [-0.3, -0.25) is 4.90 Å². The maximum Gasteiger partial charge on any atom is 0.125 e. The van der Waals surface area contributed by atoms with Crippen LogP contribution >= 0.6 is 0 Å². The summed E-state index contributed by atoms with van der Waals surface area (Å²) >= 11 is 0. The molecular weight excluding hydrogens is 312 g/mol. The zero-order chi connectivity index (χ0) is 17.6. The van der Waals surface area contributed by atoms with Crippen LogP contribution in [0, 0.1) is 13.8 Å². The van der Waals surface area contributed by atoms with Crippen LogP contribution in [0.3, 0.4) is 0 Å². The van der Waals surface area contributed by atoms with Gasteiger partial charge in [0.05, 0.1) is 13.2 Å². The van der Waals surface area contributed by atoms with E-state index in [2.05, 4.69) is 64.4 Å². The van der Waals surface area contributed by atoms with Crippen LogP contribution in [-0.2, 0) is 4.74 Å². The van der Waals surface area contributed by atoms with Crippen molar-refractivity contribution < 1.29 is 4.74 Å². The quantitative estimate of drug-likeness (QED) is 0.876. The molecular formula is C20H28N4O. The van der Waals surface area contributed by atoms with E-state index < -0.39 is 0 Å². The zero-order valence-corrected chi connectivity index (χ0v) is 15.4. The van der Waals surface area contributed by atoms with Gasteiger partial charge in [-0.25, -0.2) is 9.97 Å². The topological polar surface area (TPSA) is 50.3 Å². The third-order valence-electron chi connectivity index (χ3n) is 4.89. The molecule has 5 heteroatoms. The Morgan fingerprint density at radius 3 is 2.56 bits per heavy atom. The molecule has 0 radical (unpaired) electrons. The van der Waals surface area contributed by atoms with E-state index in [1.807, 2.05) is 13.1 Å². The highest BCUT2D eigenvalue weighted by molar-refractivity contribution is 5.22. The molecule has 0 spiro atoms. The molecule has 1 aliphatic heterocycles. The van der Waals surface area contributed by atoms with Gasteiger partial charge >= 0.3 is 0 Å². The van der Waals surface area contributed by atoms with Gasteiger partial charge in [0.15, 0.2) is 0 Å². The van der Waals surface area contributed by atoms with Crippen molar-refractivity contribution in [3.63, 3.8) is 0 Å². The van der Waals surface area contributed by atoms with Gasteiger partial charge in [0.25, 0.3) is 0 Å². The average molecular weight is 340 g/mol. The van der Waals surface area contributed by atoms with Gasteiger partial charge in [0.1, 0.15) is 5.82 Å². The number of hydrogen-bond donors (Lipinski definition) is 1. The number of nitrogens with zero attached hydrogens (tertiary/aromatic N) is 3. The molecule has 0 bridgehead atoms. The van der Waals surface area contributed by atoms with E-state index in [9.17, 15) is 0 Å². The van der Waals surface area contributed by atoms with E-state index in [0.29, 0.717) is 6.04 Å². The number of rotatable bonds is 6. The Balaban J connectivity index is 1.71. The van der Waals surface area contributed by atoms with Gasteiger partial charge in [-0.2, -0.15) is 0 Å². The van der Waals surface area contributed by atoms with Crippen LogP contribution in [0.4, 0.5) is 0 Å². The Morgan fingerprint density at radius 2 is 1.88 bits per heavy atom. The lowest BCUT2D eigenvalue weighted by atomic mass is 10.0. The smallest absolute Gasteiger partial charge is 0.125 e. The summed E-state index contributed by atoms with van der Waals surface area (Å²) in [6, 6.07) is 11.3. The lowest BCUT2D eigenvalue weighted by molar-refractivity contribution is 0.0157. The van der Waals surface area contributed by atoms with E-state index in [1.165, 1.54) is 11.1 Å². The zero-order valence-electron chi connectivity index (χ0n) is 15.4. The predicted octanol–water partition coefficient (Wildman–Crippen LogP) is 2.82. The maximum absolute atomic E-state index is 5.53. The van der Waals surface area contributed by atoms with Crippen LogP contribution in [0.25, 0.3) is 0 Å². The van der Waals surface area contributed by atoms with Gasteiger partial charge < -0.3 is 10.1 Å². The fraction of sp³-hybridized carbons (Fsp3) is 0.500. The van der Waals surface area contributed by atoms with Crippen LogP contribution in [-0.4, -0.2) is 47.7 Å². The largest absolute Gasteiger partial charge is 0.379 e. The molecule has 1 aromatic carbocycles. The van der Waals surface area contributed by atoms with E-state index in [-0.39, 0.29) is 6.04 Å². The van der Waals surface area contributed by atoms with Crippen LogP contribution in [0.2, 0.25) is 0 Å². The highest BCUT2D eigenvalue weighted by Crippen LogP contribution is 2.23. The van der Waals surface area contributed by atoms with Crippen molar-refractivity contribution in [1.82, 2.24) is 20.2 Å². The molecule has 1 aromatic heterocycles. The average Bonchev–Trinajstić information content (AvgIpc) is 2.63. The first-order valence-corrected chi connectivity index (χ1v) is 9.05. The van der Waals surface area contributed by atoms with Crippen molar-refractivity contribution in [2.75, 3.05) is 32.8 Å². The first kappa shape index (κ1) is 18.0. The SMILES string of the molecule is Cc1ncc([C@@H](C)NC[C@H](c2ccccc2)N2CCOCC2)c(C)n1. The van der Waals surface area contributed by atoms with Crippen LogP contribution in [0.5, 0.6) is 0 Å². The summed E-state index contributed by atoms with van der Waals surface area (Å²) in [4.78, 5) is 11.4. The summed E-state index contributed by atoms with van der Waals surface area (Å²) in [5.74, 6) is 0.823. The minimum Gasteiger partial charge on any atom is -0.379 e. The molecule has 2 atom stereocenters. The first-order chi connectivity index (χ1) is 12.1. The number of morpholine rings is 1. The van der Waals surface area contributed by atoms with Crippen molar-refractivity contribution in [2.24, 2.45) is 0 Å². The molecule has 0 saturated carbocycles. The summed E-state index contributed by atoms with van der Waals surface area (Å²) in [6.07, 6.45) is 1.95. The summed E-state index contributed by atoms with van der Waals surface area (Å²) in [5, 5.41) is 3.69. The molecule has 0 amide bonds. The number of hydrogen-bond acceptors (Lipinski definition) is 5. The maximum atomic E-state index is 5.53. The van der Waals surface area contributed by atoms with Crippen LogP contribution < -0.4 is 5.32 Å². The Hall–Kier alpha value is -1.82. The summed E-state index contributed by atoms with van der Waals surface area (Å²) in [5.41, 5.74) is 3.57. The molecule has 2 aromatic rings. The molecule has 0 unspecified atom stereocenters. The molecule has 25 heavy (non-hydrogen) atoms. The minimum absolute atomic E-state index is 0.216. The van der Waals surface area contributed by atoms with Crippen LogP contribution in [0.1, 0.15) is 41.7 Å². The lowest BCUT2D eigenvalue weighted by Crippen LogP contribution is -2.43. The monoisotopic (exact) mass is 340 g/mol. The highest BCUT2D eigenvalue weighted by atomic mass is 16.5. The Kier molecular flexibility index (Phi) is 6.13. The number of nitrogens with one attached hydrogen (secondary N) is 1. The minimum atomic E-state index is 0.216. The lowest BCUT2D eigenvalue weighted by Gasteiger charge is -2.35. The van der Waals surface area contributed by atoms with E-state index in [1.54, 1.807) is 0 Å². The second-order valence-corrected chi connectivity index (χ2v) is 6.66. The molecule has 2 heterocycles. The molecule has 1 saturated heterocycles. The third-order valence-corrected chi connectivity index (χ3v) is 4.89. The van der Waals surface area contributed by atoms with Gasteiger partial charge in [-0.1, -0.05) is 30.3 Å². The van der Waals surface area contributed by atoms with Crippen molar-refractivity contribution in [3.05, 3.63) is 59.2 Å². The van der Waals surface area contributed by atoms with Crippen molar-refractivity contribution in [2.45, 2.75) is 32.9 Å². The molecule has 1 fully saturated rings. The number of aryl methyl sites for hydroxylation is 2. The summed E-state index contributed by atoms with van der Waals surface area (Å²) in [7, 11) is 0. The van der Waals surface area contributed by atoms with Gasteiger partial charge in [-0.05, 0) is 26.3 Å². The highest BCUT2D eigenvalue weighted by Gasteiger charge is 2.23. The third kappa shape index (κ3) is 4.63. The van der Waals surface area contributed by atoms with E-state index >= 15 is 0 Å². The second-order valence-electron chi connectivity index (χ2n) is 6.66. The fourth-order valence-corrected chi connectivity index (χ4v) is 3.44. The van der Waals surface area contributed by atoms with Crippen LogP contribution in [0.15, 0.2) is 36.5 Å². The molecule has 1 aliphatic rings. The number of aromatic nitrogens is 2. The van der Waals surface area contributed by atoms with Gasteiger partial charge in [0, 0.05) is 49.2 Å². The van der Waals surface area contributed by atoms with Gasteiger partial charge in [-0.15, -0.1) is 0 Å². The van der Waals surface area contributed by atoms with Crippen molar-refractivity contribution in [3.8, 4) is 0 Å². The molecule has 134 valence electrons. The fourth-order valence-electron chi connectivity index (χ4n) is 3.44. The van der Waals surface area contributed by atoms with Gasteiger partial charge in [0.2, 0.25) is 0 Å². The Bertz CT molecular complexity index is 671. The van der Waals surface area contributed by atoms with Crippen molar-refractivity contribution in [1.29, 1.82) is 0 Å².